The van der Waals surface area contributed by atoms with E-state index in [4.69, 9.17) is 18.9 Å². The average molecular weight is 464 g/mol. The van der Waals surface area contributed by atoms with Crippen LogP contribution in [0.25, 0.3) is 6.08 Å². The van der Waals surface area contributed by atoms with E-state index in [1.54, 1.807) is 25.3 Å². The van der Waals surface area contributed by atoms with E-state index in [-0.39, 0.29) is 23.5 Å². The largest absolute Gasteiger partial charge is 0.493 e. The second-order valence-electron chi connectivity index (χ2n) is 9.03. The maximum Gasteiger partial charge on any atom is 0.234 e. The molecule has 7 heteroatoms. The first-order valence-electron chi connectivity index (χ1n) is 11.6. The summed E-state index contributed by atoms with van der Waals surface area (Å²) >= 11 is 0. The van der Waals surface area contributed by atoms with Crippen molar-refractivity contribution in [2.45, 2.75) is 37.3 Å². The Balaban J connectivity index is 1.52. The normalized spacial score (nSPS) is 27.1. The van der Waals surface area contributed by atoms with E-state index in [2.05, 4.69) is 5.32 Å². The first-order chi connectivity index (χ1) is 16.5. The number of carbonyl (C=O) groups excluding carboxylic acids is 2. The first kappa shape index (κ1) is 22.3. The van der Waals surface area contributed by atoms with Crippen molar-refractivity contribution in [1.29, 1.82) is 0 Å². The first-order valence-corrected chi connectivity index (χ1v) is 11.6. The molecule has 4 atom stereocenters. The SMILES string of the molecule is COc1ccc(/C=C/C(=O)C2C(=O)NC34CCCCC3C2c2ccccc2O4)c(OC)c1OC. The number of piperidine rings is 1. The second kappa shape index (κ2) is 8.70. The molecule has 2 aromatic rings. The molecule has 0 aromatic heterocycles. The Morgan fingerprint density at radius 3 is 2.62 bits per heavy atom. The fourth-order valence-electron chi connectivity index (χ4n) is 5.91. The molecule has 5 rings (SSSR count). The van der Waals surface area contributed by atoms with E-state index >= 15 is 0 Å². The number of hydrogen-bond donors (Lipinski definition) is 1. The number of amides is 1. The lowest BCUT2D eigenvalue weighted by molar-refractivity contribution is -0.160. The maximum absolute atomic E-state index is 13.6. The summed E-state index contributed by atoms with van der Waals surface area (Å²) in [5.74, 6) is 0.707. The number of fused-ring (bicyclic) bond motifs is 2. The number of methoxy groups -OCH3 is 3. The maximum atomic E-state index is 13.6. The highest BCUT2D eigenvalue weighted by molar-refractivity contribution is 6.10. The van der Waals surface area contributed by atoms with Crippen LogP contribution < -0.4 is 24.3 Å². The van der Waals surface area contributed by atoms with Crippen LogP contribution in [0.5, 0.6) is 23.0 Å². The Morgan fingerprint density at radius 2 is 1.85 bits per heavy atom. The van der Waals surface area contributed by atoms with Crippen LogP contribution in [0.15, 0.2) is 42.5 Å². The van der Waals surface area contributed by atoms with Gasteiger partial charge in [-0.15, -0.1) is 0 Å². The van der Waals surface area contributed by atoms with Crippen molar-refractivity contribution in [3.63, 3.8) is 0 Å². The molecule has 178 valence electrons. The van der Waals surface area contributed by atoms with Gasteiger partial charge in [-0.1, -0.05) is 24.6 Å². The van der Waals surface area contributed by atoms with Gasteiger partial charge in [-0.2, -0.15) is 0 Å². The fourth-order valence-corrected chi connectivity index (χ4v) is 5.91. The number of para-hydroxylation sites is 1. The predicted molar refractivity (Wildman–Crippen MR) is 126 cm³/mol. The van der Waals surface area contributed by atoms with Crippen LogP contribution in [-0.4, -0.2) is 38.7 Å². The van der Waals surface area contributed by atoms with Crippen LogP contribution in [0, 0.1) is 11.8 Å². The number of allylic oxidation sites excluding steroid dienone is 1. The summed E-state index contributed by atoms with van der Waals surface area (Å²) in [6, 6.07) is 11.3. The number of nitrogens with one attached hydrogen (secondary N) is 1. The van der Waals surface area contributed by atoms with Crippen molar-refractivity contribution in [2.24, 2.45) is 11.8 Å². The molecule has 4 unspecified atom stereocenters. The van der Waals surface area contributed by atoms with E-state index < -0.39 is 11.6 Å². The summed E-state index contributed by atoms with van der Waals surface area (Å²) in [5, 5.41) is 3.11. The zero-order valence-electron chi connectivity index (χ0n) is 19.6. The molecule has 1 amide bonds. The highest BCUT2D eigenvalue weighted by Gasteiger charge is 2.60. The van der Waals surface area contributed by atoms with Crippen molar-refractivity contribution in [2.75, 3.05) is 21.3 Å². The van der Waals surface area contributed by atoms with Crippen LogP contribution in [0.2, 0.25) is 0 Å². The third kappa shape index (κ3) is 3.42. The Hall–Kier alpha value is -3.48. The Bertz CT molecular complexity index is 1160. The van der Waals surface area contributed by atoms with Gasteiger partial charge in [0.25, 0.3) is 0 Å². The van der Waals surface area contributed by atoms with E-state index in [1.165, 1.54) is 20.3 Å². The topological polar surface area (TPSA) is 83.1 Å². The lowest BCUT2D eigenvalue weighted by atomic mass is 9.61. The molecule has 34 heavy (non-hydrogen) atoms. The molecule has 1 saturated heterocycles. The van der Waals surface area contributed by atoms with Gasteiger partial charge in [0, 0.05) is 23.8 Å². The fraction of sp³-hybridized carbons (Fsp3) is 0.407. The standard InChI is InChI=1S/C27H29NO6/c1-31-21-14-12-16(24(32-2)25(21)33-3)11-13-19(29)23-22-17-8-4-5-10-20(17)34-27(28-26(23)30)15-7-6-9-18(22)27/h4-5,8,10-14,18,22-23H,6-7,9,15H2,1-3H3,(H,28,30)/b13-11+. The molecular weight excluding hydrogens is 434 g/mol. The smallest absolute Gasteiger partial charge is 0.234 e. The molecule has 0 spiro atoms. The van der Waals surface area contributed by atoms with Crippen LogP contribution in [0.1, 0.15) is 42.7 Å². The highest BCUT2D eigenvalue weighted by atomic mass is 16.5. The van der Waals surface area contributed by atoms with E-state index in [9.17, 15) is 9.59 Å². The minimum atomic E-state index is -0.816. The van der Waals surface area contributed by atoms with Crippen molar-refractivity contribution >= 4 is 17.8 Å². The number of rotatable bonds is 6. The van der Waals surface area contributed by atoms with E-state index in [0.29, 0.717) is 22.8 Å². The molecule has 2 bridgehead atoms. The molecule has 1 N–H and O–H groups in total. The zero-order chi connectivity index (χ0) is 23.9. The molecule has 7 nitrogen and oxygen atoms in total. The lowest BCUT2D eigenvalue weighted by Gasteiger charge is -2.56. The zero-order valence-corrected chi connectivity index (χ0v) is 19.6. The molecule has 3 aliphatic rings. The van der Waals surface area contributed by atoms with Gasteiger partial charge >= 0.3 is 0 Å². The second-order valence-corrected chi connectivity index (χ2v) is 9.03. The van der Waals surface area contributed by atoms with Gasteiger partial charge in [0.15, 0.2) is 23.0 Å². The third-order valence-corrected chi connectivity index (χ3v) is 7.36. The monoisotopic (exact) mass is 463 g/mol. The van der Waals surface area contributed by atoms with Gasteiger partial charge in [-0.05, 0) is 48.8 Å². The van der Waals surface area contributed by atoms with Crippen LogP contribution in [0.3, 0.4) is 0 Å². The van der Waals surface area contributed by atoms with Gasteiger partial charge < -0.3 is 24.3 Å². The molecular formula is C27H29NO6. The summed E-state index contributed by atoms with van der Waals surface area (Å²) in [6.45, 7) is 0. The number of benzene rings is 2. The number of hydrogen-bond acceptors (Lipinski definition) is 6. The summed E-state index contributed by atoms with van der Waals surface area (Å²) in [4.78, 5) is 26.9. The molecule has 2 heterocycles. The van der Waals surface area contributed by atoms with Crippen LogP contribution in [0.4, 0.5) is 0 Å². The molecule has 1 saturated carbocycles. The van der Waals surface area contributed by atoms with E-state index in [0.717, 1.165) is 37.0 Å². The minimum Gasteiger partial charge on any atom is -0.493 e. The van der Waals surface area contributed by atoms with Gasteiger partial charge in [0.1, 0.15) is 11.7 Å². The van der Waals surface area contributed by atoms with E-state index in [1.807, 2.05) is 24.3 Å². The summed E-state index contributed by atoms with van der Waals surface area (Å²) in [6.07, 6.45) is 6.86. The summed E-state index contributed by atoms with van der Waals surface area (Å²) in [7, 11) is 4.62. The lowest BCUT2D eigenvalue weighted by Crippen LogP contribution is -2.69. The molecule has 2 aromatic carbocycles. The van der Waals surface area contributed by atoms with Crippen LogP contribution >= 0.6 is 0 Å². The average Bonchev–Trinajstić information content (AvgIpc) is 2.85. The predicted octanol–water partition coefficient (Wildman–Crippen LogP) is 4.10. The van der Waals surface area contributed by atoms with Crippen LogP contribution in [-0.2, 0) is 9.59 Å². The molecule has 2 aliphatic heterocycles. The van der Waals surface area contributed by atoms with Crippen molar-refractivity contribution in [1.82, 2.24) is 5.32 Å². The van der Waals surface area contributed by atoms with Gasteiger partial charge in [0.2, 0.25) is 11.7 Å². The Morgan fingerprint density at radius 1 is 1.06 bits per heavy atom. The minimum absolute atomic E-state index is 0.0619. The molecule has 0 radical (unpaired) electrons. The van der Waals surface area contributed by atoms with Gasteiger partial charge in [-0.3, -0.25) is 9.59 Å². The number of carbonyl (C=O) groups is 2. The summed E-state index contributed by atoms with van der Waals surface area (Å²) < 4.78 is 22.7. The van der Waals surface area contributed by atoms with Gasteiger partial charge in [0.05, 0.1) is 21.3 Å². The number of ketones is 1. The molecule has 2 fully saturated rings. The third-order valence-electron chi connectivity index (χ3n) is 7.36. The van der Waals surface area contributed by atoms with Crippen molar-refractivity contribution < 1.29 is 28.5 Å². The Labute approximate surface area is 199 Å². The Kier molecular flexibility index (Phi) is 5.71. The quantitative estimate of drug-likeness (QED) is 0.513. The van der Waals surface area contributed by atoms with Crippen molar-refractivity contribution in [3.8, 4) is 23.0 Å². The van der Waals surface area contributed by atoms with Gasteiger partial charge in [-0.25, -0.2) is 0 Å². The highest BCUT2D eigenvalue weighted by Crippen LogP contribution is 2.55. The van der Waals surface area contributed by atoms with Crippen molar-refractivity contribution in [3.05, 3.63) is 53.6 Å². The number of ether oxygens (including phenoxy) is 4. The molecule has 1 aliphatic carbocycles. The summed E-state index contributed by atoms with van der Waals surface area (Å²) in [5.41, 5.74) is 0.876.